The molecule has 1 aliphatic heterocycles. The van der Waals surface area contributed by atoms with E-state index in [1.54, 1.807) is 6.20 Å². The predicted octanol–water partition coefficient (Wildman–Crippen LogP) is 5.38. The number of fused-ring (bicyclic) bond motifs is 1. The number of ether oxygens (including phenoxy) is 1. The number of hydrogen-bond acceptors (Lipinski definition) is 12. The van der Waals surface area contributed by atoms with Gasteiger partial charge in [0.25, 0.3) is 0 Å². The van der Waals surface area contributed by atoms with Crippen LogP contribution in [0.4, 0.5) is 52.7 Å². The summed E-state index contributed by atoms with van der Waals surface area (Å²) in [5, 5.41) is 45.7. The van der Waals surface area contributed by atoms with Crippen LogP contribution in [0.3, 0.4) is 0 Å². The molecule has 5 heterocycles. The van der Waals surface area contributed by atoms with Crippen molar-refractivity contribution in [2.45, 2.75) is 80.9 Å². The molecule has 2 fully saturated rings. The molecule has 0 radical (unpaired) electrons. The molecule has 17 nitrogen and oxygen atoms in total. The molecule has 0 unspecified atom stereocenters. The van der Waals surface area contributed by atoms with Crippen LogP contribution >= 0.6 is 0 Å². The normalized spacial score (nSPS) is 17.7. The summed E-state index contributed by atoms with van der Waals surface area (Å²) in [7, 11) is 0. The molecule has 0 atom stereocenters. The number of H-pyrrole nitrogens is 1. The predicted molar refractivity (Wildman–Crippen MR) is 180 cm³/mol. The molecule has 0 amide bonds. The number of aliphatic carboxylic acids is 3. The highest BCUT2D eigenvalue weighted by molar-refractivity contribution is 5.90. The molecule has 340 valence electrons. The van der Waals surface area contributed by atoms with Crippen molar-refractivity contribution in [2.75, 3.05) is 19.7 Å². The monoisotopic (exact) mass is 909 g/mol. The van der Waals surface area contributed by atoms with Gasteiger partial charge in [0.2, 0.25) is 11.7 Å². The Hall–Kier alpha value is -6.31. The Morgan fingerprint density at radius 2 is 1.42 bits per heavy atom. The third kappa shape index (κ3) is 13.9. The number of nitrogens with zero attached hydrogens (tertiary/aromatic N) is 8. The fraction of sp³-hybridized carbons (Fsp3) is 0.485. The summed E-state index contributed by atoms with van der Waals surface area (Å²) in [5.41, 5.74) is 2.02. The third-order valence-corrected chi connectivity index (χ3v) is 8.65. The van der Waals surface area contributed by atoms with E-state index in [2.05, 4.69) is 41.0 Å². The lowest BCUT2D eigenvalue weighted by Crippen LogP contribution is -2.65. The van der Waals surface area contributed by atoms with E-state index in [4.69, 9.17) is 39.5 Å². The van der Waals surface area contributed by atoms with E-state index in [9.17, 15) is 57.9 Å². The maximum absolute atomic E-state index is 13.2. The van der Waals surface area contributed by atoms with Crippen LogP contribution in [0.2, 0.25) is 0 Å². The number of nitriles is 1. The van der Waals surface area contributed by atoms with Gasteiger partial charge in [-0.25, -0.2) is 29.3 Å². The number of rotatable bonds is 8. The molecule has 2 aliphatic rings. The molecule has 0 aromatic carbocycles. The molecule has 29 heteroatoms. The lowest BCUT2D eigenvalue weighted by atomic mass is 9.82. The molecule has 1 aliphatic carbocycles. The zero-order valence-corrected chi connectivity index (χ0v) is 31.0. The van der Waals surface area contributed by atoms with Crippen LogP contribution in [0, 0.1) is 11.3 Å². The fourth-order valence-electron chi connectivity index (χ4n) is 5.86. The minimum atomic E-state index is -5.08. The van der Waals surface area contributed by atoms with Crippen molar-refractivity contribution >= 4 is 28.9 Å². The molecule has 6 rings (SSSR count). The third-order valence-electron chi connectivity index (χ3n) is 8.65. The lowest BCUT2D eigenvalue weighted by Gasteiger charge is -2.53. The Morgan fingerprint density at radius 1 is 0.871 bits per heavy atom. The van der Waals surface area contributed by atoms with E-state index in [0.717, 1.165) is 35.1 Å². The fourth-order valence-corrected chi connectivity index (χ4v) is 5.86. The smallest absolute Gasteiger partial charge is 0.475 e. The minimum Gasteiger partial charge on any atom is -0.475 e. The van der Waals surface area contributed by atoms with Crippen LogP contribution < -0.4 is 4.74 Å². The zero-order chi connectivity index (χ0) is 46.8. The molecule has 5 N–H and O–H groups in total. The van der Waals surface area contributed by atoms with Crippen molar-refractivity contribution in [1.29, 1.82) is 5.26 Å². The summed E-state index contributed by atoms with van der Waals surface area (Å²) >= 11 is 0. The molecule has 4 aromatic heterocycles. The first kappa shape index (κ1) is 50.0. The maximum atomic E-state index is 13.2. The number of carboxylic acids is 3. The summed E-state index contributed by atoms with van der Waals surface area (Å²) in [4.78, 5) is 47.9. The van der Waals surface area contributed by atoms with E-state index in [0.29, 0.717) is 32.4 Å². The highest BCUT2D eigenvalue weighted by atomic mass is 19.4. The lowest BCUT2D eigenvalue weighted by molar-refractivity contribution is -0.193. The van der Waals surface area contributed by atoms with Crippen LogP contribution in [0.1, 0.15) is 43.6 Å². The summed E-state index contributed by atoms with van der Waals surface area (Å²) in [6.45, 7) is 1.03. The molecule has 62 heavy (non-hydrogen) atoms. The van der Waals surface area contributed by atoms with Crippen LogP contribution in [-0.2, 0) is 32.5 Å². The van der Waals surface area contributed by atoms with Gasteiger partial charge in [-0.2, -0.15) is 68.0 Å². The van der Waals surface area contributed by atoms with Gasteiger partial charge in [-0.1, -0.05) is 0 Å². The highest BCUT2D eigenvalue weighted by Crippen LogP contribution is 2.39. The number of alkyl halides is 12. The first-order chi connectivity index (χ1) is 28.6. The van der Waals surface area contributed by atoms with Gasteiger partial charge in [-0.15, -0.1) is 0 Å². The second-order valence-electron chi connectivity index (χ2n) is 13.0. The van der Waals surface area contributed by atoms with Crippen molar-refractivity contribution in [3.05, 3.63) is 48.6 Å². The Labute approximate surface area is 338 Å². The Morgan fingerprint density at radius 3 is 1.90 bits per heavy atom. The number of likely N-dealkylation sites (tertiary alicyclic amines) is 1. The molecule has 1 saturated carbocycles. The van der Waals surface area contributed by atoms with E-state index in [1.807, 2.05) is 23.1 Å². The summed E-state index contributed by atoms with van der Waals surface area (Å²) in [6.07, 6.45) is -9.92. The number of aliphatic hydroxyl groups excluding tert-OH is 1. The van der Waals surface area contributed by atoms with E-state index in [1.165, 1.54) is 12.4 Å². The zero-order valence-electron chi connectivity index (χ0n) is 31.0. The van der Waals surface area contributed by atoms with Crippen LogP contribution in [-0.4, -0.2) is 128 Å². The van der Waals surface area contributed by atoms with E-state index in [-0.39, 0.29) is 36.7 Å². The van der Waals surface area contributed by atoms with Gasteiger partial charge < -0.3 is 30.1 Å². The van der Waals surface area contributed by atoms with Crippen LogP contribution in [0.25, 0.3) is 22.3 Å². The van der Waals surface area contributed by atoms with Gasteiger partial charge >= 0.3 is 42.6 Å². The Balaban J connectivity index is 0.000000403. The number of halogens is 12. The van der Waals surface area contributed by atoms with Gasteiger partial charge in [-0.3, -0.25) is 9.58 Å². The number of aliphatic hydroxyl groups is 1. The van der Waals surface area contributed by atoms with Gasteiger partial charge in [0.05, 0.1) is 30.1 Å². The highest BCUT2D eigenvalue weighted by Gasteiger charge is 2.48. The largest absolute Gasteiger partial charge is 0.490 e. The topological polar surface area (TPSA) is 254 Å². The Bertz CT molecular complexity index is 2130. The van der Waals surface area contributed by atoms with Gasteiger partial charge in [0, 0.05) is 61.6 Å². The second kappa shape index (κ2) is 20.0. The summed E-state index contributed by atoms with van der Waals surface area (Å²) in [5.74, 6) is -9.65. The van der Waals surface area contributed by atoms with Crippen LogP contribution in [0.5, 0.6) is 5.88 Å². The quantitative estimate of drug-likeness (QED) is 0.139. The number of hydrogen-bond donors (Lipinski definition) is 5. The average molecular weight is 910 g/mol. The van der Waals surface area contributed by atoms with E-state index < -0.39 is 54.0 Å². The number of carboxylic acid groups (broad SMARTS) is 3. The molecule has 0 spiro atoms. The first-order valence-corrected chi connectivity index (χ1v) is 17.2. The van der Waals surface area contributed by atoms with Gasteiger partial charge in [0.15, 0.2) is 0 Å². The SMILES string of the molecule is N#CCC1(n2cc(-c3ncnc4[nH]ccc34)cn2)CN(C2CCC(Oc3cc(CCO)nc(C(F)(F)F)n3)CC2)C1.O=C(O)C(F)(F)F.O=C(O)C(F)(F)F.O=C(O)C(F)(F)F. The van der Waals surface area contributed by atoms with Gasteiger partial charge in [-0.05, 0) is 31.7 Å². The first-order valence-electron chi connectivity index (χ1n) is 17.2. The maximum Gasteiger partial charge on any atom is 0.490 e. The number of carbonyl (C=O) groups is 3. The van der Waals surface area contributed by atoms with Gasteiger partial charge in [0.1, 0.15) is 23.6 Å². The molecule has 4 aromatic rings. The molecular formula is C33H31F12N9O8. The van der Waals surface area contributed by atoms with Crippen molar-refractivity contribution in [3.8, 4) is 23.2 Å². The number of aromatic amines is 1. The molecule has 0 bridgehead atoms. The van der Waals surface area contributed by atoms with Crippen LogP contribution in [0.15, 0.2) is 37.1 Å². The summed E-state index contributed by atoms with van der Waals surface area (Å²) < 4.78 is 143. The average Bonchev–Trinajstić information content (AvgIpc) is 3.84. The number of nitrogens with one attached hydrogen (secondary N) is 1. The second-order valence-corrected chi connectivity index (χ2v) is 13.0. The molecular weight excluding hydrogens is 878 g/mol. The molecule has 1 saturated heterocycles. The minimum absolute atomic E-state index is 0.0125. The number of aromatic nitrogens is 7. The van der Waals surface area contributed by atoms with Crippen molar-refractivity contribution in [1.82, 2.24) is 39.6 Å². The standard InChI is InChI=1S/C27H28F3N9O2.3C2HF3O2/c28-27(29,30)25-36-18(6-10-40)11-22(37-25)41-20-3-1-19(2-4-20)38-14-26(15-38,7-8-31)39-13-17(12-35-39)23-21-5-9-32-24(21)34-16-33-23;3*3-2(4,5)1(6)7/h5,9,11-13,16,19-20,40H,1-4,6-7,10,14-15H2,(H,32,33,34);3*(H,6,7). The van der Waals surface area contributed by atoms with E-state index >= 15 is 0 Å². The van der Waals surface area contributed by atoms with Crippen molar-refractivity contribution in [3.63, 3.8) is 0 Å². The Kier molecular flexibility index (Phi) is 16.2. The van der Waals surface area contributed by atoms with Crippen molar-refractivity contribution in [2.24, 2.45) is 0 Å². The van der Waals surface area contributed by atoms with Crippen molar-refractivity contribution < 1.29 is 92.2 Å². The summed E-state index contributed by atoms with van der Waals surface area (Å²) in [6, 6.07) is 5.89.